The number of unbranched alkanes of at least 4 members (excludes halogenated alkanes) is 5. The van der Waals surface area contributed by atoms with E-state index in [0.29, 0.717) is 25.9 Å². The second-order valence-electron chi connectivity index (χ2n) is 6.19. The monoisotopic (exact) mass is 383 g/mol. The highest BCUT2D eigenvalue weighted by atomic mass is 19.1. The summed E-state index contributed by atoms with van der Waals surface area (Å²) in [5, 5.41) is 10.9. The normalized spacial score (nSPS) is 10.4. The number of nitrogens with zero attached hydrogens (tertiary/aromatic N) is 1. The SMILES string of the molecule is CCCCCCOC(=O)CCCCCC(=O)Oc1cc(F)ccc1[N+](=O)[O-]. The van der Waals surface area contributed by atoms with Crippen molar-refractivity contribution in [3.05, 3.63) is 34.1 Å². The van der Waals surface area contributed by atoms with Crippen molar-refractivity contribution in [1.82, 2.24) is 0 Å². The van der Waals surface area contributed by atoms with Gasteiger partial charge in [-0.05, 0) is 25.3 Å². The van der Waals surface area contributed by atoms with Crippen LogP contribution in [0.15, 0.2) is 18.2 Å². The van der Waals surface area contributed by atoms with Gasteiger partial charge >= 0.3 is 17.6 Å². The van der Waals surface area contributed by atoms with Crippen LogP contribution in [-0.2, 0) is 14.3 Å². The van der Waals surface area contributed by atoms with E-state index in [1.54, 1.807) is 0 Å². The second-order valence-corrected chi connectivity index (χ2v) is 6.19. The van der Waals surface area contributed by atoms with Gasteiger partial charge in [0.25, 0.3) is 0 Å². The van der Waals surface area contributed by atoms with E-state index in [-0.39, 0.29) is 18.8 Å². The van der Waals surface area contributed by atoms with Crippen molar-refractivity contribution in [2.45, 2.75) is 64.7 Å². The molecule has 1 aromatic carbocycles. The van der Waals surface area contributed by atoms with Crippen LogP contribution in [0, 0.1) is 15.9 Å². The summed E-state index contributed by atoms with van der Waals surface area (Å²) in [6, 6.07) is 2.69. The zero-order valence-corrected chi connectivity index (χ0v) is 15.6. The summed E-state index contributed by atoms with van der Waals surface area (Å²) in [4.78, 5) is 33.4. The molecule has 150 valence electrons. The molecular formula is C19H26FNO6. The van der Waals surface area contributed by atoms with Gasteiger partial charge < -0.3 is 9.47 Å². The van der Waals surface area contributed by atoms with Crippen molar-refractivity contribution in [2.75, 3.05) is 6.61 Å². The van der Waals surface area contributed by atoms with E-state index in [2.05, 4.69) is 6.92 Å². The summed E-state index contributed by atoms with van der Waals surface area (Å²) >= 11 is 0. The molecule has 1 aromatic rings. The van der Waals surface area contributed by atoms with Crippen molar-refractivity contribution in [3.63, 3.8) is 0 Å². The lowest BCUT2D eigenvalue weighted by atomic mass is 10.1. The number of hydrogen-bond acceptors (Lipinski definition) is 6. The lowest BCUT2D eigenvalue weighted by molar-refractivity contribution is -0.385. The Bertz CT molecular complexity index is 635. The maximum atomic E-state index is 13.2. The molecular weight excluding hydrogens is 357 g/mol. The van der Waals surface area contributed by atoms with Crippen LogP contribution in [0.3, 0.4) is 0 Å². The van der Waals surface area contributed by atoms with Crippen LogP contribution < -0.4 is 4.74 Å². The number of carbonyl (C=O) groups excluding carboxylic acids is 2. The number of nitro benzene ring substituents is 1. The smallest absolute Gasteiger partial charge is 0.311 e. The molecule has 0 saturated carbocycles. The highest BCUT2D eigenvalue weighted by molar-refractivity contribution is 5.73. The van der Waals surface area contributed by atoms with Crippen molar-refractivity contribution >= 4 is 17.6 Å². The number of halogens is 1. The lowest BCUT2D eigenvalue weighted by Gasteiger charge is -2.06. The number of nitro groups is 1. The van der Waals surface area contributed by atoms with Crippen LogP contribution in [0.25, 0.3) is 0 Å². The van der Waals surface area contributed by atoms with Gasteiger partial charge in [0.05, 0.1) is 11.5 Å². The third-order valence-electron chi connectivity index (χ3n) is 3.87. The van der Waals surface area contributed by atoms with E-state index in [4.69, 9.17) is 9.47 Å². The van der Waals surface area contributed by atoms with Gasteiger partial charge in [-0.1, -0.05) is 32.6 Å². The molecule has 0 aliphatic rings. The molecule has 0 atom stereocenters. The molecule has 0 unspecified atom stereocenters. The first-order valence-corrected chi connectivity index (χ1v) is 9.24. The Morgan fingerprint density at radius 2 is 1.70 bits per heavy atom. The Balaban J connectivity index is 2.20. The average Bonchev–Trinajstić information content (AvgIpc) is 2.61. The molecule has 1 rings (SSSR count). The Hall–Kier alpha value is -2.51. The topological polar surface area (TPSA) is 95.7 Å². The predicted molar refractivity (Wildman–Crippen MR) is 96.9 cm³/mol. The van der Waals surface area contributed by atoms with Crippen molar-refractivity contribution in [3.8, 4) is 5.75 Å². The molecule has 0 bridgehead atoms. The van der Waals surface area contributed by atoms with Gasteiger partial charge in [0.1, 0.15) is 5.82 Å². The van der Waals surface area contributed by atoms with E-state index in [1.807, 2.05) is 0 Å². The van der Waals surface area contributed by atoms with Gasteiger partial charge in [-0.3, -0.25) is 19.7 Å². The molecule has 0 amide bonds. The molecule has 0 heterocycles. The van der Waals surface area contributed by atoms with Crippen LogP contribution in [-0.4, -0.2) is 23.5 Å². The Morgan fingerprint density at radius 3 is 2.37 bits per heavy atom. The number of hydrogen-bond donors (Lipinski definition) is 0. The quantitative estimate of drug-likeness (QED) is 0.161. The summed E-state index contributed by atoms with van der Waals surface area (Å²) in [6.45, 7) is 2.55. The first kappa shape index (κ1) is 22.5. The number of ether oxygens (including phenoxy) is 2. The minimum Gasteiger partial charge on any atom is -0.466 e. The molecule has 0 saturated heterocycles. The fraction of sp³-hybridized carbons (Fsp3) is 0.579. The van der Waals surface area contributed by atoms with Gasteiger partial charge in [0.2, 0.25) is 5.75 Å². The summed E-state index contributed by atoms with van der Waals surface area (Å²) in [5.41, 5.74) is -0.466. The number of rotatable bonds is 13. The lowest BCUT2D eigenvalue weighted by Crippen LogP contribution is -2.09. The average molecular weight is 383 g/mol. The zero-order valence-electron chi connectivity index (χ0n) is 15.6. The van der Waals surface area contributed by atoms with Crippen LogP contribution in [0.2, 0.25) is 0 Å². The number of esters is 2. The summed E-state index contributed by atoms with van der Waals surface area (Å²) in [7, 11) is 0. The van der Waals surface area contributed by atoms with Crippen LogP contribution in [0.1, 0.15) is 64.7 Å². The second kappa shape index (κ2) is 12.8. The molecule has 8 heteroatoms. The van der Waals surface area contributed by atoms with E-state index in [9.17, 15) is 24.1 Å². The van der Waals surface area contributed by atoms with Crippen molar-refractivity contribution < 1.29 is 28.4 Å². The number of carbonyl (C=O) groups is 2. The third-order valence-corrected chi connectivity index (χ3v) is 3.87. The highest BCUT2D eigenvalue weighted by Gasteiger charge is 2.18. The summed E-state index contributed by atoms with van der Waals surface area (Å²) in [5.74, 6) is -2.06. The maximum absolute atomic E-state index is 13.2. The van der Waals surface area contributed by atoms with Gasteiger partial charge in [-0.2, -0.15) is 0 Å². The van der Waals surface area contributed by atoms with E-state index < -0.39 is 28.1 Å². The molecule has 7 nitrogen and oxygen atoms in total. The highest BCUT2D eigenvalue weighted by Crippen LogP contribution is 2.27. The van der Waals surface area contributed by atoms with Gasteiger partial charge in [-0.15, -0.1) is 0 Å². The summed E-state index contributed by atoms with van der Waals surface area (Å²) < 4.78 is 23.2. The molecule has 0 aliphatic carbocycles. The van der Waals surface area contributed by atoms with Gasteiger partial charge in [0, 0.05) is 25.0 Å². The fourth-order valence-corrected chi connectivity index (χ4v) is 2.40. The van der Waals surface area contributed by atoms with E-state index in [0.717, 1.165) is 43.9 Å². The largest absolute Gasteiger partial charge is 0.466 e. The zero-order chi connectivity index (χ0) is 20.1. The van der Waals surface area contributed by atoms with Crippen molar-refractivity contribution in [1.29, 1.82) is 0 Å². The molecule has 0 spiro atoms. The molecule has 0 aromatic heterocycles. The van der Waals surface area contributed by atoms with E-state index in [1.165, 1.54) is 0 Å². The molecule has 0 radical (unpaired) electrons. The Kier molecular flexibility index (Phi) is 10.7. The van der Waals surface area contributed by atoms with E-state index >= 15 is 0 Å². The summed E-state index contributed by atoms with van der Waals surface area (Å²) in [6.07, 6.45) is 6.17. The minimum absolute atomic E-state index is 0.0275. The van der Waals surface area contributed by atoms with Crippen LogP contribution >= 0.6 is 0 Å². The first-order valence-electron chi connectivity index (χ1n) is 9.24. The van der Waals surface area contributed by atoms with Crippen LogP contribution in [0.4, 0.5) is 10.1 Å². The molecule has 27 heavy (non-hydrogen) atoms. The van der Waals surface area contributed by atoms with Crippen molar-refractivity contribution in [2.24, 2.45) is 0 Å². The fourth-order valence-electron chi connectivity index (χ4n) is 2.40. The van der Waals surface area contributed by atoms with Gasteiger partial charge in [-0.25, -0.2) is 4.39 Å². The number of benzene rings is 1. The predicted octanol–water partition coefficient (Wildman–Crippen LogP) is 4.71. The molecule has 0 fully saturated rings. The third kappa shape index (κ3) is 9.67. The Morgan fingerprint density at radius 1 is 1.04 bits per heavy atom. The Labute approximate surface area is 158 Å². The molecule has 0 aliphatic heterocycles. The molecule has 0 N–H and O–H groups in total. The van der Waals surface area contributed by atoms with Crippen LogP contribution in [0.5, 0.6) is 5.75 Å². The van der Waals surface area contributed by atoms with Gasteiger partial charge in [0.15, 0.2) is 0 Å². The minimum atomic E-state index is -0.740. The first-order chi connectivity index (χ1) is 12.9. The standard InChI is InChI=1S/C19H26FNO6/c1-2-3-4-8-13-26-18(22)9-6-5-7-10-19(23)27-17-14-15(20)11-12-16(17)21(24)25/h11-12,14H,2-10,13H2,1H3. The maximum Gasteiger partial charge on any atom is 0.311 e.